The second kappa shape index (κ2) is 6.57. The van der Waals surface area contributed by atoms with Gasteiger partial charge in [-0.25, -0.2) is 0 Å². The van der Waals surface area contributed by atoms with Crippen LogP contribution in [0.1, 0.15) is 11.1 Å². The first kappa shape index (κ1) is 13.1. The van der Waals surface area contributed by atoms with E-state index in [0.29, 0.717) is 6.61 Å². The van der Waals surface area contributed by atoms with Crippen LogP contribution in [0.4, 0.5) is 0 Å². The molecule has 0 aliphatic heterocycles. The number of aliphatic hydroxyl groups is 1. The smallest absolute Gasteiger partial charge is 0.138 e. The van der Waals surface area contributed by atoms with Crippen molar-refractivity contribution in [2.45, 2.75) is 13.0 Å². The van der Waals surface area contributed by atoms with E-state index in [4.69, 9.17) is 4.74 Å². The Bertz CT molecular complexity index is 497. The molecule has 0 radical (unpaired) electrons. The normalized spacial score (nSPS) is 10.3. The lowest BCUT2D eigenvalue weighted by atomic mass is 10.2. The summed E-state index contributed by atoms with van der Waals surface area (Å²) in [5.74, 6) is 0.732. The monoisotopic (exact) mass is 306 g/mol. The van der Waals surface area contributed by atoms with Gasteiger partial charge < -0.3 is 9.84 Å². The summed E-state index contributed by atoms with van der Waals surface area (Å²) in [7, 11) is 0. The van der Waals surface area contributed by atoms with Gasteiger partial charge in [0.2, 0.25) is 0 Å². The van der Waals surface area contributed by atoms with Crippen molar-refractivity contribution in [2.24, 2.45) is 0 Å². The molecule has 0 spiro atoms. The van der Waals surface area contributed by atoms with Crippen molar-refractivity contribution >= 4 is 15.9 Å². The number of aliphatic hydroxyl groups excluding tert-OH is 1. The standard InChI is InChI=1S/C15H15BrO2/c16-14-8-4-7-13(11-17)15(14)18-10-9-12-5-2-1-3-6-12/h1-8,17H,9-11H2. The lowest BCUT2D eigenvalue weighted by molar-refractivity contribution is 0.263. The van der Waals surface area contributed by atoms with Crippen LogP contribution in [0, 0.1) is 0 Å². The minimum absolute atomic E-state index is 0.0138. The second-order valence-corrected chi connectivity index (χ2v) is 4.82. The highest BCUT2D eigenvalue weighted by Crippen LogP contribution is 2.29. The first-order valence-corrected chi connectivity index (χ1v) is 6.65. The van der Waals surface area contributed by atoms with E-state index in [-0.39, 0.29) is 6.61 Å². The van der Waals surface area contributed by atoms with Gasteiger partial charge in [-0.2, -0.15) is 0 Å². The van der Waals surface area contributed by atoms with Crippen LogP contribution in [-0.2, 0) is 13.0 Å². The summed E-state index contributed by atoms with van der Waals surface area (Å²) in [5.41, 5.74) is 2.05. The molecule has 3 heteroatoms. The minimum Gasteiger partial charge on any atom is -0.492 e. The number of para-hydroxylation sites is 1. The van der Waals surface area contributed by atoms with Crippen LogP contribution in [0.25, 0.3) is 0 Å². The van der Waals surface area contributed by atoms with Crippen molar-refractivity contribution < 1.29 is 9.84 Å². The predicted octanol–water partition coefficient (Wildman–Crippen LogP) is 3.56. The third kappa shape index (κ3) is 3.34. The van der Waals surface area contributed by atoms with Crippen LogP contribution in [0.5, 0.6) is 5.75 Å². The molecule has 0 atom stereocenters. The highest BCUT2D eigenvalue weighted by molar-refractivity contribution is 9.10. The van der Waals surface area contributed by atoms with Gasteiger partial charge in [-0.15, -0.1) is 0 Å². The van der Waals surface area contributed by atoms with Crippen LogP contribution in [0.2, 0.25) is 0 Å². The molecule has 0 unspecified atom stereocenters. The van der Waals surface area contributed by atoms with E-state index in [1.54, 1.807) is 0 Å². The Morgan fingerprint density at radius 3 is 2.50 bits per heavy atom. The van der Waals surface area contributed by atoms with E-state index in [1.165, 1.54) is 5.56 Å². The van der Waals surface area contributed by atoms with Crippen molar-refractivity contribution in [3.8, 4) is 5.75 Å². The zero-order valence-corrected chi connectivity index (χ0v) is 11.6. The summed E-state index contributed by atoms with van der Waals surface area (Å²) < 4.78 is 6.63. The molecule has 0 saturated carbocycles. The van der Waals surface area contributed by atoms with Gasteiger partial charge in [0.1, 0.15) is 5.75 Å². The summed E-state index contributed by atoms with van der Waals surface area (Å²) >= 11 is 3.44. The highest BCUT2D eigenvalue weighted by atomic mass is 79.9. The number of hydrogen-bond acceptors (Lipinski definition) is 2. The van der Waals surface area contributed by atoms with Crippen molar-refractivity contribution in [3.05, 3.63) is 64.1 Å². The van der Waals surface area contributed by atoms with E-state index in [2.05, 4.69) is 28.1 Å². The van der Waals surface area contributed by atoms with E-state index in [0.717, 1.165) is 22.2 Å². The number of halogens is 1. The Morgan fingerprint density at radius 1 is 1.00 bits per heavy atom. The summed E-state index contributed by atoms with van der Waals surface area (Å²) in [4.78, 5) is 0. The largest absolute Gasteiger partial charge is 0.492 e. The number of ether oxygens (including phenoxy) is 1. The Labute approximate surface area is 115 Å². The van der Waals surface area contributed by atoms with Crippen LogP contribution >= 0.6 is 15.9 Å². The topological polar surface area (TPSA) is 29.5 Å². The van der Waals surface area contributed by atoms with E-state index >= 15 is 0 Å². The van der Waals surface area contributed by atoms with Crippen LogP contribution < -0.4 is 4.74 Å². The van der Waals surface area contributed by atoms with Crippen LogP contribution in [-0.4, -0.2) is 11.7 Å². The molecule has 0 amide bonds. The maximum atomic E-state index is 9.26. The summed E-state index contributed by atoms with van der Waals surface area (Å²) in [6.07, 6.45) is 0.854. The van der Waals surface area contributed by atoms with Gasteiger partial charge in [0.05, 0.1) is 17.7 Å². The molecule has 2 rings (SSSR count). The van der Waals surface area contributed by atoms with Crippen molar-refractivity contribution in [1.82, 2.24) is 0 Å². The Balaban J connectivity index is 1.98. The van der Waals surface area contributed by atoms with Crippen molar-refractivity contribution in [1.29, 1.82) is 0 Å². The predicted molar refractivity (Wildman–Crippen MR) is 75.7 cm³/mol. The molecule has 0 saturated heterocycles. The van der Waals surface area contributed by atoms with E-state index < -0.39 is 0 Å². The number of rotatable bonds is 5. The fraction of sp³-hybridized carbons (Fsp3) is 0.200. The quantitative estimate of drug-likeness (QED) is 0.915. The summed E-state index contributed by atoms with van der Waals surface area (Å²) in [6, 6.07) is 15.9. The molecule has 0 aliphatic rings. The van der Waals surface area contributed by atoms with Crippen LogP contribution in [0.15, 0.2) is 53.0 Å². The van der Waals surface area contributed by atoms with Gasteiger partial charge in [0.15, 0.2) is 0 Å². The van der Waals surface area contributed by atoms with Gasteiger partial charge >= 0.3 is 0 Å². The maximum absolute atomic E-state index is 9.26. The molecular formula is C15H15BrO2. The molecule has 0 aromatic heterocycles. The molecule has 0 aliphatic carbocycles. The SMILES string of the molecule is OCc1cccc(Br)c1OCCc1ccccc1. The zero-order chi connectivity index (χ0) is 12.8. The van der Waals surface area contributed by atoms with Gasteiger partial charge in [0, 0.05) is 12.0 Å². The van der Waals surface area contributed by atoms with Crippen molar-refractivity contribution in [3.63, 3.8) is 0 Å². The molecule has 2 aromatic carbocycles. The Morgan fingerprint density at radius 2 is 1.78 bits per heavy atom. The molecule has 94 valence electrons. The van der Waals surface area contributed by atoms with Crippen LogP contribution in [0.3, 0.4) is 0 Å². The molecule has 2 nitrogen and oxygen atoms in total. The highest BCUT2D eigenvalue weighted by Gasteiger charge is 2.06. The van der Waals surface area contributed by atoms with Gasteiger partial charge in [-0.3, -0.25) is 0 Å². The minimum atomic E-state index is -0.0138. The lowest BCUT2D eigenvalue weighted by Gasteiger charge is -2.11. The third-order valence-electron chi connectivity index (χ3n) is 2.70. The van der Waals surface area contributed by atoms with Gasteiger partial charge in [0.25, 0.3) is 0 Å². The van der Waals surface area contributed by atoms with Gasteiger partial charge in [-0.1, -0.05) is 42.5 Å². The Hall–Kier alpha value is -1.32. The first-order valence-electron chi connectivity index (χ1n) is 5.86. The molecule has 0 bridgehead atoms. The average Bonchev–Trinajstić information content (AvgIpc) is 2.41. The maximum Gasteiger partial charge on any atom is 0.138 e. The molecule has 2 aromatic rings. The molecule has 1 N–H and O–H groups in total. The van der Waals surface area contributed by atoms with Gasteiger partial charge in [-0.05, 0) is 27.6 Å². The molecular weight excluding hydrogens is 292 g/mol. The molecule has 0 heterocycles. The molecule has 18 heavy (non-hydrogen) atoms. The summed E-state index contributed by atoms with van der Waals surface area (Å²) in [5, 5.41) is 9.26. The van der Waals surface area contributed by atoms with E-state index in [1.807, 2.05) is 36.4 Å². The second-order valence-electron chi connectivity index (χ2n) is 3.97. The fourth-order valence-corrected chi connectivity index (χ4v) is 2.28. The first-order chi connectivity index (χ1) is 8.81. The zero-order valence-electron chi connectivity index (χ0n) is 9.97. The fourth-order valence-electron chi connectivity index (χ4n) is 1.76. The third-order valence-corrected chi connectivity index (χ3v) is 3.32. The lowest BCUT2D eigenvalue weighted by Crippen LogP contribution is -2.04. The Kier molecular flexibility index (Phi) is 4.79. The van der Waals surface area contributed by atoms with E-state index in [9.17, 15) is 5.11 Å². The average molecular weight is 307 g/mol. The summed E-state index contributed by atoms with van der Waals surface area (Å²) in [6.45, 7) is 0.583. The molecule has 0 fully saturated rings. The number of benzene rings is 2. The number of hydrogen-bond donors (Lipinski definition) is 1. The van der Waals surface area contributed by atoms with Crippen molar-refractivity contribution in [2.75, 3.05) is 6.61 Å².